The van der Waals surface area contributed by atoms with Crippen molar-refractivity contribution < 1.29 is 0 Å². The molecule has 5 nitrogen and oxygen atoms in total. The van der Waals surface area contributed by atoms with Gasteiger partial charge in [0.15, 0.2) is 0 Å². The van der Waals surface area contributed by atoms with E-state index < -0.39 is 0 Å². The third-order valence-electron chi connectivity index (χ3n) is 3.93. The molecule has 0 aliphatic carbocycles. The maximum Gasteiger partial charge on any atom is 0.229 e. The Balaban J connectivity index is 1.66. The van der Waals surface area contributed by atoms with Crippen LogP contribution in [0.5, 0.6) is 0 Å². The van der Waals surface area contributed by atoms with Crippen LogP contribution in [0.4, 0.5) is 17.5 Å². The molecule has 0 aliphatic rings. The molecule has 1 N–H and O–H groups in total. The lowest BCUT2D eigenvalue weighted by molar-refractivity contribution is 0.855. The summed E-state index contributed by atoms with van der Waals surface area (Å²) in [6, 6.07) is 12.1. The average Bonchev–Trinajstić information content (AvgIpc) is 2.64. The number of nitrogens with zero attached hydrogens (tertiary/aromatic N) is 4. The minimum absolute atomic E-state index is 0.593. The standard InChI is InChI=1S/C19H20BrN5/c1-14-13-16(3-4-17(14)20)23-19-22-11-7-18(24-19)25(2)12-8-15-5-9-21-10-6-15/h3-7,9-11,13H,8,12H2,1-2H3,(H,22,23,24). The van der Waals surface area contributed by atoms with Crippen molar-refractivity contribution in [1.29, 1.82) is 0 Å². The number of nitrogens with one attached hydrogen (secondary N) is 1. The van der Waals surface area contributed by atoms with E-state index in [0.717, 1.165) is 34.5 Å². The zero-order chi connectivity index (χ0) is 17.6. The number of anilines is 3. The number of hydrogen-bond acceptors (Lipinski definition) is 5. The molecule has 3 aromatic rings. The number of halogens is 1. The van der Waals surface area contributed by atoms with Gasteiger partial charge in [-0.2, -0.15) is 4.98 Å². The summed E-state index contributed by atoms with van der Waals surface area (Å²) in [6.45, 7) is 2.93. The van der Waals surface area contributed by atoms with Gasteiger partial charge in [-0.05, 0) is 60.9 Å². The molecule has 0 unspecified atom stereocenters. The predicted molar refractivity (Wildman–Crippen MR) is 105 cm³/mol. The summed E-state index contributed by atoms with van der Waals surface area (Å²) in [4.78, 5) is 15.1. The van der Waals surface area contributed by atoms with E-state index in [-0.39, 0.29) is 0 Å². The molecule has 2 aromatic heterocycles. The molecule has 0 atom stereocenters. The van der Waals surface area contributed by atoms with E-state index in [0.29, 0.717) is 5.95 Å². The minimum Gasteiger partial charge on any atom is -0.359 e. The summed E-state index contributed by atoms with van der Waals surface area (Å²) < 4.78 is 1.09. The molecule has 3 rings (SSSR count). The molecule has 0 saturated heterocycles. The van der Waals surface area contributed by atoms with Gasteiger partial charge in [-0.3, -0.25) is 4.98 Å². The summed E-state index contributed by atoms with van der Waals surface area (Å²) in [7, 11) is 2.04. The number of pyridine rings is 1. The lowest BCUT2D eigenvalue weighted by Crippen LogP contribution is -2.21. The van der Waals surface area contributed by atoms with Gasteiger partial charge in [0.2, 0.25) is 5.95 Å². The van der Waals surface area contributed by atoms with Crippen LogP contribution in [0.15, 0.2) is 59.5 Å². The first kappa shape index (κ1) is 17.4. The first-order chi connectivity index (χ1) is 12.1. The normalized spacial score (nSPS) is 10.5. The van der Waals surface area contributed by atoms with E-state index in [1.54, 1.807) is 6.20 Å². The van der Waals surface area contributed by atoms with E-state index >= 15 is 0 Å². The van der Waals surface area contributed by atoms with Gasteiger partial charge in [0.1, 0.15) is 5.82 Å². The van der Waals surface area contributed by atoms with E-state index in [2.05, 4.69) is 54.1 Å². The Hall–Kier alpha value is -2.47. The summed E-state index contributed by atoms with van der Waals surface area (Å²) in [5.74, 6) is 1.48. The lowest BCUT2D eigenvalue weighted by Gasteiger charge is -2.18. The predicted octanol–water partition coefficient (Wildman–Crippen LogP) is 4.37. The molecular weight excluding hydrogens is 378 g/mol. The van der Waals surface area contributed by atoms with E-state index in [1.807, 2.05) is 49.8 Å². The zero-order valence-corrected chi connectivity index (χ0v) is 15.9. The smallest absolute Gasteiger partial charge is 0.229 e. The molecule has 0 bridgehead atoms. The van der Waals surface area contributed by atoms with Gasteiger partial charge in [-0.25, -0.2) is 4.98 Å². The van der Waals surface area contributed by atoms with Crippen molar-refractivity contribution in [2.75, 3.05) is 23.8 Å². The maximum atomic E-state index is 4.61. The molecule has 0 aliphatic heterocycles. The quantitative estimate of drug-likeness (QED) is 0.669. The van der Waals surface area contributed by atoms with Crippen molar-refractivity contribution in [3.05, 3.63) is 70.6 Å². The van der Waals surface area contributed by atoms with Crippen LogP contribution < -0.4 is 10.2 Å². The average molecular weight is 398 g/mol. The van der Waals surface area contributed by atoms with Crippen molar-refractivity contribution in [3.63, 3.8) is 0 Å². The number of benzene rings is 1. The fourth-order valence-electron chi connectivity index (χ4n) is 2.43. The molecular formula is C19H20BrN5. The molecule has 0 saturated carbocycles. The van der Waals surface area contributed by atoms with Gasteiger partial charge in [-0.15, -0.1) is 0 Å². The molecule has 0 radical (unpaired) electrons. The van der Waals surface area contributed by atoms with Crippen LogP contribution in [0.3, 0.4) is 0 Å². The Kier molecular flexibility index (Phi) is 5.60. The van der Waals surface area contributed by atoms with Gasteiger partial charge < -0.3 is 10.2 Å². The first-order valence-electron chi connectivity index (χ1n) is 8.08. The lowest BCUT2D eigenvalue weighted by atomic mass is 10.2. The van der Waals surface area contributed by atoms with Crippen molar-refractivity contribution in [2.24, 2.45) is 0 Å². The highest BCUT2D eigenvalue weighted by Gasteiger charge is 2.06. The van der Waals surface area contributed by atoms with Crippen molar-refractivity contribution >= 4 is 33.4 Å². The molecule has 0 amide bonds. The third kappa shape index (κ3) is 4.76. The Bertz CT molecular complexity index is 838. The largest absolute Gasteiger partial charge is 0.359 e. The SMILES string of the molecule is Cc1cc(Nc2nccc(N(C)CCc3ccncc3)n2)ccc1Br. The second kappa shape index (κ2) is 8.07. The Labute approximate surface area is 156 Å². The minimum atomic E-state index is 0.593. The van der Waals surface area contributed by atoms with Crippen LogP contribution in [0.1, 0.15) is 11.1 Å². The molecule has 2 heterocycles. The Morgan fingerprint density at radius 2 is 1.88 bits per heavy atom. The molecule has 0 spiro atoms. The number of likely N-dealkylation sites (N-methyl/N-ethyl adjacent to an activating group) is 1. The van der Waals surface area contributed by atoms with Gasteiger partial charge in [-0.1, -0.05) is 15.9 Å². The summed E-state index contributed by atoms with van der Waals surface area (Å²) >= 11 is 3.51. The van der Waals surface area contributed by atoms with Crippen LogP contribution in [0.25, 0.3) is 0 Å². The topological polar surface area (TPSA) is 53.9 Å². The molecule has 128 valence electrons. The highest BCUT2D eigenvalue weighted by Crippen LogP contribution is 2.22. The number of rotatable bonds is 6. The number of hydrogen-bond donors (Lipinski definition) is 1. The van der Waals surface area contributed by atoms with Crippen molar-refractivity contribution in [2.45, 2.75) is 13.3 Å². The van der Waals surface area contributed by atoms with Crippen LogP contribution in [0, 0.1) is 6.92 Å². The number of aryl methyl sites for hydroxylation is 1. The van der Waals surface area contributed by atoms with Crippen LogP contribution in [-0.4, -0.2) is 28.5 Å². The van der Waals surface area contributed by atoms with E-state index in [4.69, 9.17) is 0 Å². The first-order valence-corrected chi connectivity index (χ1v) is 8.87. The summed E-state index contributed by atoms with van der Waals surface area (Å²) in [5, 5.41) is 3.26. The number of aromatic nitrogens is 3. The molecule has 6 heteroatoms. The third-order valence-corrected chi connectivity index (χ3v) is 4.82. The highest BCUT2D eigenvalue weighted by molar-refractivity contribution is 9.10. The van der Waals surface area contributed by atoms with Crippen LogP contribution in [0.2, 0.25) is 0 Å². The summed E-state index contributed by atoms with van der Waals surface area (Å²) in [5.41, 5.74) is 3.40. The van der Waals surface area contributed by atoms with Gasteiger partial charge in [0.25, 0.3) is 0 Å². The highest BCUT2D eigenvalue weighted by atomic mass is 79.9. The zero-order valence-electron chi connectivity index (χ0n) is 14.3. The van der Waals surface area contributed by atoms with Crippen molar-refractivity contribution in [1.82, 2.24) is 15.0 Å². The van der Waals surface area contributed by atoms with E-state index in [1.165, 1.54) is 5.56 Å². The molecule has 1 aromatic carbocycles. The monoisotopic (exact) mass is 397 g/mol. The van der Waals surface area contributed by atoms with Gasteiger partial charge >= 0.3 is 0 Å². The fraction of sp³-hybridized carbons (Fsp3) is 0.211. The van der Waals surface area contributed by atoms with Crippen LogP contribution >= 0.6 is 15.9 Å². The Morgan fingerprint density at radius 1 is 1.08 bits per heavy atom. The van der Waals surface area contributed by atoms with Gasteiger partial charge in [0.05, 0.1) is 0 Å². The second-order valence-electron chi connectivity index (χ2n) is 5.85. The van der Waals surface area contributed by atoms with Crippen molar-refractivity contribution in [3.8, 4) is 0 Å². The maximum absolute atomic E-state index is 4.61. The Morgan fingerprint density at radius 3 is 2.64 bits per heavy atom. The van der Waals surface area contributed by atoms with Crippen LogP contribution in [-0.2, 0) is 6.42 Å². The fourth-order valence-corrected chi connectivity index (χ4v) is 2.68. The van der Waals surface area contributed by atoms with Gasteiger partial charge in [0, 0.05) is 42.3 Å². The molecule has 0 fully saturated rings. The molecule has 25 heavy (non-hydrogen) atoms. The summed E-state index contributed by atoms with van der Waals surface area (Å²) in [6.07, 6.45) is 6.36. The second-order valence-corrected chi connectivity index (χ2v) is 6.71. The van der Waals surface area contributed by atoms with E-state index in [9.17, 15) is 0 Å².